The van der Waals surface area contributed by atoms with E-state index in [1.807, 2.05) is 19.1 Å². The summed E-state index contributed by atoms with van der Waals surface area (Å²) in [6, 6.07) is 13.8. The summed E-state index contributed by atoms with van der Waals surface area (Å²) in [4.78, 5) is 26.0. The number of sulfone groups is 1. The van der Waals surface area contributed by atoms with Gasteiger partial charge in [0.2, 0.25) is 11.8 Å². The summed E-state index contributed by atoms with van der Waals surface area (Å²) in [5, 5.41) is 2.51. The van der Waals surface area contributed by atoms with Gasteiger partial charge in [0.1, 0.15) is 17.3 Å². The Morgan fingerprint density at radius 2 is 1.75 bits per heavy atom. The van der Waals surface area contributed by atoms with Crippen LogP contribution >= 0.6 is 0 Å². The number of hydrogen-bond acceptors (Lipinski definition) is 5. The number of methoxy groups -OCH3 is 1. The fourth-order valence-electron chi connectivity index (χ4n) is 2.69. The molecule has 0 heterocycles. The largest absolute Gasteiger partial charge is 0.497 e. The number of nitrogens with one attached hydrogen (secondary N) is 1. The van der Waals surface area contributed by atoms with Crippen molar-refractivity contribution in [2.45, 2.75) is 13.8 Å². The van der Waals surface area contributed by atoms with Crippen LogP contribution in [0.3, 0.4) is 0 Å². The zero-order valence-corrected chi connectivity index (χ0v) is 17.0. The summed E-state index contributed by atoms with van der Waals surface area (Å²) in [6.45, 7) is 3.99. The van der Waals surface area contributed by atoms with Gasteiger partial charge in [-0.3, -0.25) is 9.59 Å². The minimum atomic E-state index is -3.91. The fraction of sp³-hybridized carbons (Fsp3) is 0.300. The highest BCUT2D eigenvalue weighted by Gasteiger charge is 2.24. The van der Waals surface area contributed by atoms with Crippen molar-refractivity contribution in [2.75, 3.05) is 35.4 Å². The lowest BCUT2D eigenvalue weighted by Crippen LogP contribution is -2.37. The molecular formula is C20H24N2O5S. The smallest absolute Gasteiger partial charge is 0.242 e. The van der Waals surface area contributed by atoms with Crippen LogP contribution in [0.2, 0.25) is 0 Å². The molecule has 0 aliphatic rings. The minimum Gasteiger partial charge on any atom is -0.497 e. The summed E-state index contributed by atoms with van der Waals surface area (Å²) in [7, 11) is -2.39. The Balaban J connectivity index is 2.00. The molecule has 150 valence electrons. The number of carbonyl (C=O) groups is 2. The maximum atomic E-state index is 12.5. The summed E-state index contributed by atoms with van der Waals surface area (Å²) in [6.07, 6.45) is 0. The second kappa shape index (κ2) is 9.36. The van der Waals surface area contributed by atoms with Gasteiger partial charge >= 0.3 is 0 Å². The summed E-state index contributed by atoms with van der Waals surface area (Å²) >= 11 is 0. The Hall–Kier alpha value is -2.87. The highest BCUT2D eigenvalue weighted by molar-refractivity contribution is 7.92. The molecule has 0 aromatic heterocycles. The van der Waals surface area contributed by atoms with Crippen molar-refractivity contribution < 1.29 is 22.7 Å². The molecule has 0 unspecified atom stereocenters. The Morgan fingerprint density at radius 3 is 2.32 bits per heavy atom. The number of hydrogen-bond donors (Lipinski definition) is 1. The molecule has 0 fully saturated rings. The van der Waals surface area contributed by atoms with Crippen LogP contribution in [0.1, 0.15) is 12.5 Å². The monoisotopic (exact) mass is 404 g/mol. The SMILES string of the molecule is CCN(C(=O)CS(=O)(=O)CC(=O)Nc1ccc(OC)cc1)c1cccc(C)c1. The third-order valence-electron chi connectivity index (χ3n) is 4.00. The van der Waals surface area contributed by atoms with E-state index in [1.54, 1.807) is 43.3 Å². The van der Waals surface area contributed by atoms with Gasteiger partial charge in [0.05, 0.1) is 7.11 Å². The van der Waals surface area contributed by atoms with E-state index >= 15 is 0 Å². The van der Waals surface area contributed by atoms with Gasteiger partial charge in [-0.05, 0) is 55.8 Å². The molecular weight excluding hydrogens is 380 g/mol. The number of ether oxygens (including phenoxy) is 1. The molecule has 28 heavy (non-hydrogen) atoms. The molecule has 2 aromatic rings. The summed E-state index contributed by atoms with van der Waals surface area (Å²) < 4.78 is 29.7. The topological polar surface area (TPSA) is 92.8 Å². The van der Waals surface area contributed by atoms with Crippen molar-refractivity contribution in [1.29, 1.82) is 0 Å². The van der Waals surface area contributed by atoms with Gasteiger partial charge < -0.3 is 15.0 Å². The van der Waals surface area contributed by atoms with Crippen LogP contribution in [0.4, 0.5) is 11.4 Å². The average Bonchev–Trinajstić information content (AvgIpc) is 2.62. The van der Waals surface area contributed by atoms with E-state index < -0.39 is 33.2 Å². The standard InChI is InChI=1S/C20H24N2O5S/c1-4-22(17-7-5-6-15(2)12-17)20(24)14-28(25,26)13-19(23)21-16-8-10-18(27-3)11-9-16/h5-12H,4,13-14H2,1-3H3,(H,21,23). The van der Waals surface area contributed by atoms with E-state index in [0.29, 0.717) is 23.7 Å². The number of benzene rings is 2. The summed E-state index contributed by atoms with van der Waals surface area (Å²) in [5.41, 5.74) is 2.04. The molecule has 2 amide bonds. The maximum Gasteiger partial charge on any atom is 0.242 e. The molecule has 2 rings (SSSR count). The van der Waals surface area contributed by atoms with Gasteiger partial charge in [-0.25, -0.2) is 8.42 Å². The first-order valence-corrected chi connectivity index (χ1v) is 10.6. The van der Waals surface area contributed by atoms with Crippen LogP contribution in [-0.2, 0) is 19.4 Å². The van der Waals surface area contributed by atoms with Crippen molar-refractivity contribution in [3.05, 3.63) is 54.1 Å². The average molecular weight is 404 g/mol. The third kappa shape index (κ3) is 6.09. The van der Waals surface area contributed by atoms with Gasteiger partial charge in [-0.2, -0.15) is 0 Å². The van der Waals surface area contributed by atoms with E-state index in [2.05, 4.69) is 5.32 Å². The molecule has 0 aliphatic carbocycles. The lowest BCUT2D eigenvalue weighted by Gasteiger charge is -2.21. The van der Waals surface area contributed by atoms with Crippen LogP contribution < -0.4 is 15.0 Å². The number of amides is 2. The van der Waals surface area contributed by atoms with E-state index in [4.69, 9.17) is 4.74 Å². The number of aryl methyl sites for hydroxylation is 1. The van der Waals surface area contributed by atoms with Crippen molar-refractivity contribution in [2.24, 2.45) is 0 Å². The molecule has 0 saturated heterocycles. The Labute approximate surface area is 165 Å². The second-order valence-electron chi connectivity index (χ2n) is 6.29. The molecule has 0 bridgehead atoms. The first-order chi connectivity index (χ1) is 13.2. The number of anilines is 2. The number of carbonyl (C=O) groups excluding carboxylic acids is 2. The van der Waals surface area contributed by atoms with Gasteiger partial charge in [-0.1, -0.05) is 12.1 Å². The molecule has 0 spiro atoms. The predicted octanol–water partition coefficient (Wildman–Crippen LogP) is 2.41. The van der Waals surface area contributed by atoms with E-state index in [-0.39, 0.29) is 0 Å². The number of nitrogens with zero attached hydrogens (tertiary/aromatic N) is 1. The van der Waals surface area contributed by atoms with E-state index in [0.717, 1.165) is 5.56 Å². The minimum absolute atomic E-state index is 0.329. The zero-order valence-electron chi connectivity index (χ0n) is 16.1. The summed E-state index contributed by atoms with van der Waals surface area (Å²) in [5.74, 6) is -2.14. The second-order valence-corrected chi connectivity index (χ2v) is 8.35. The van der Waals surface area contributed by atoms with Gasteiger partial charge in [-0.15, -0.1) is 0 Å². The quantitative estimate of drug-likeness (QED) is 0.729. The Morgan fingerprint density at radius 1 is 1.07 bits per heavy atom. The van der Waals surface area contributed by atoms with Crippen molar-refractivity contribution in [3.63, 3.8) is 0 Å². The molecule has 0 atom stereocenters. The highest BCUT2D eigenvalue weighted by atomic mass is 32.2. The van der Waals surface area contributed by atoms with Gasteiger partial charge in [0.25, 0.3) is 0 Å². The Bertz CT molecular complexity index is 939. The molecule has 0 saturated carbocycles. The van der Waals surface area contributed by atoms with E-state index in [1.165, 1.54) is 12.0 Å². The first kappa shape index (κ1) is 21.4. The molecule has 0 radical (unpaired) electrons. The third-order valence-corrected chi connectivity index (χ3v) is 5.39. The molecule has 0 aliphatic heterocycles. The molecule has 2 aromatic carbocycles. The van der Waals surface area contributed by atoms with E-state index in [9.17, 15) is 18.0 Å². The van der Waals surface area contributed by atoms with Crippen molar-refractivity contribution in [3.8, 4) is 5.75 Å². The van der Waals surface area contributed by atoms with Crippen LogP contribution in [0, 0.1) is 6.92 Å². The highest BCUT2D eigenvalue weighted by Crippen LogP contribution is 2.17. The van der Waals surface area contributed by atoms with Crippen LogP contribution in [-0.4, -0.2) is 45.4 Å². The first-order valence-electron chi connectivity index (χ1n) is 8.75. The van der Waals surface area contributed by atoms with Crippen LogP contribution in [0.15, 0.2) is 48.5 Å². The fourth-order valence-corrected chi connectivity index (χ4v) is 3.79. The van der Waals surface area contributed by atoms with Crippen LogP contribution in [0.25, 0.3) is 0 Å². The van der Waals surface area contributed by atoms with Crippen LogP contribution in [0.5, 0.6) is 5.75 Å². The molecule has 8 heteroatoms. The molecule has 1 N–H and O–H groups in total. The molecule has 7 nitrogen and oxygen atoms in total. The maximum absolute atomic E-state index is 12.5. The normalized spacial score (nSPS) is 11.0. The lowest BCUT2D eigenvalue weighted by atomic mass is 10.2. The number of rotatable bonds is 8. The predicted molar refractivity (Wildman–Crippen MR) is 109 cm³/mol. The zero-order chi connectivity index (χ0) is 20.7. The van der Waals surface area contributed by atoms with Crippen molar-refractivity contribution in [1.82, 2.24) is 0 Å². The van der Waals surface area contributed by atoms with Gasteiger partial charge in [0.15, 0.2) is 9.84 Å². The van der Waals surface area contributed by atoms with Crippen molar-refractivity contribution >= 4 is 33.0 Å². The Kier molecular flexibility index (Phi) is 7.17. The lowest BCUT2D eigenvalue weighted by molar-refractivity contribution is -0.116. The van der Waals surface area contributed by atoms with Gasteiger partial charge in [0, 0.05) is 17.9 Å².